The third kappa shape index (κ3) is 3.98. The Labute approximate surface area is 116 Å². The minimum Gasteiger partial charge on any atom is -0.314 e. The summed E-state index contributed by atoms with van der Waals surface area (Å²) in [6.45, 7) is 14.2. The first-order valence-electron chi connectivity index (χ1n) is 7.35. The number of hydrogen-bond acceptors (Lipinski definition) is 4. The zero-order valence-corrected chi connectivity index (χ0v) is 12.6. The Bertz CT molecular complexity index is 411. The summed E-state index contributed by atoms with van der Waals surface area (Å²) in [5.41, 5.74) is 2.25. The molecule has 4 heteroatoms. The fourth-order valence-corrected chi connectivity index (χ4v) is 2.50. The zero-order chi connectivity index (χ0) is 13.8. The Balaban J connectivity index is 2.07. The van der Waals surface area contributed by atoms with E-state index in [0.717, 1.165) is 49.9 Å². The van der Waals surface area contributed by atoms with Gasteiger partial charge in [-0.1, -0.05) is 20.8 Å². The van der Waals surface area contributed by atoms with Gasteiger partial charge in [0.05, 0.1) is 0 Å². The maximum absolute atomic E-state index is 4.75. The van der Waals surface area contributed by atoms with Crippen LogP contribution in [0.25, 0.3) is 0 Å². The summed E-state index contributed by atoms with van der Waals surface area (Å²) in [4.78, 5) is 11.9. The highest BCUT2D eigenvalue weighted by Gasteiger charge is 2.17. The van der Waals surface area contributed by atoms with Gasteiger partial charge in [0.2, 0.25) is 0 Å². The average Bonchev–Trinajstić information content (AvgIpc) is 2.39. The molecule has 0 radical (unpaired) electrons. The molecule has 1 aliphatic heterocycles. The number of aromatic nitrogens is 2. The van der Waals surface area contributed by atoms with Gasteiger partial charge in [-0.15, -0.1) is 0 Å². The van der Waals surface area contributed by atoms with E-state index in [1.54, 1.807) is 0 Å². The molecule has 1 unspecified atom stereocenters. The fourth-order valence-electron chi connectivity index (χ4n) is 2.50. The predicted octanol–water partition coefficient (Wildman–Crippen LogP) is 1.92. The SMILES string of the molecule is Cc1cc(C(C)C)nc(C(C)CN2CCNCC2)n1. The largest absolute Gasteiger partial charge is 0.314 e. The lowest BCUT2D eigenvalue weighted by Crippen LogP contribution is -2.44. The molecule has 2 rings (SSSR count). The lowest BCUT2D eigenvalue weighted by molar-refractivity contribution is 0.228. The van der Waals surface area contributed by atoms with Crippen molar-refractivity contribution in [2.75, 3.05) is 32.7 Å². The number of rotatable bonds is 4. The van der Waals surface area contributed by atoms with E-state index in [1.165, 1.54) is 0 Å². The van der Waals surface area contributed by atoms with Crippen molar-refractivity contribution < 1.29 is 0 Å². The molecule has 1 aliphatic rings. The molecule has 0 amide bonds. The van der Waals surface area contributed by atoms with Gasteiger partial charge < -0.3 is 10.2 Å². The lowest BCUT2D eigenvalue weighted by Gasteiger charge is -2.29. The van der Waals surface area contributed by atoms with Crippen molar-refractivity contribution in [1.82, 2.24) is 20.2 Å². The Morgan fingerprint density at radius 2 is 1.89 bits per heavy atom. The van der Waals surface area contributed by atoms with E-state index in [4.69, 9.17) is 4.98 Å². The topological polar surface area (TPSA) is 41.1 Å². The molecule has 1 fully saturated rings. The van der Waals surface area contributed by atoms with Crippen molar-refractivity contribution in [1.29, 1.82) is 0 Å². The molecular formula is C15H26N4. The van der Waals surface area contributed by atoms with E-state index in [0.29, 0.717) is 11.8 Å². The van der Waals surface area contributed by atoms with E-state index >= 15 is 0 Å². The highest BCUT2D eigenvalue weighted by atomic mass is 15.2. The van der Waals surface area contributed by atoms with Crippen LogP contribution in [0.2, 0.25) is 0 Å². The van der Waals surface area contributed by atoms with E-state index < -0.39 is 0 Å². The summed E-state index contributed by atoms with van der Waals surface area (Å²) < 4.78 is 0. The first-order chi connectivity index (χ1) is 9.06. The lowest BCUT2D eigenvalue weighted by atomic mass is 10.1. The van der Waals surface area contributed by atoms with E-state index in [9.17, 15) is 0 Å². The van der Waals surface area contributed by atoms with Crippen LogP contribution in [0.1, 0.15) is 49.8 Å². The van der Waals surface area contributed by atoms with Crippen molar-refractivity contribution in [3.05, 3.63) is 23.3 Å². The molecule has 1 N–H and O–H groups in total. The van der Waals surface area contributed by atoms with Crippen molar-refractivity contribution in [2.24, 2.45) is 0 Å². The Hall–Kier alpha value is -1.00. The van der Waals surface area contributed by atoms with Crippen molar-refractivity contribution in [3.63, 3.8) is 0 Å². The molecule has 1 saturated heterocycles. The first-order valence-corrected chi connectivity index (χ1v) is 7.35. The standard InChI is InChI=1S/C15H26N4/c1-11(2)14-9-13(4)17-15(18-14)12(3)10-19-7-5-16-6-8-19/h9,11-12,16H,5-8,10H2,1-4H3. The molecule has 2 heterocycles. The molecule has 1 aromatic rings. The number of aryl methyl sites for hydroxylation is 1. The molecular weight excluding hydrogens is 236 g/mol. The van der Waals surface area contributed by atoms with E-state index in [2.05, 4.69) is 49.0 Å². The Morgan fingerprint density at radius 3 is 2.53 bits per heavy atom. The molecule has 0 saturated carbocycles. The molecule has 0 aliphatic carbocycles. The normalized spacial score (nSPS) is 18.8. The second kappa shape index (κ2) is 6.44. The molecule has 0 spiro atoms. The molecule has 0 aromatic carbocycles. The van der Waals surface area contributed by atoms with Crippen LogP contribution in [-0.2, 0) is 0 Å². The van der Waals surface area contributed by atoms with E-state index in [1.807, 2.05) is 0 Å². The summed E-state index contributed by atoms with van der Waals surface area (Å²) in [5.74, 6) is 1.87. The van der Waals surface area contributed by atoms with Gasteiger partial charge in [0, 0.05) is 50.0 Å². The molecule has 1 atom stereocenters. The average molecular weight is 262 g/mol. The smallest absolute Gasteiger partial charge is 0.132 e. The first kappa shape index (κ1) is 14.4. The van der Waals surface area contributed by atoms with Crippen LogP contribution in [0, 0.1) is 6.92 Å². The zero-order valence-electron chi connectivity index (χ0n) is 12.6. The van der Waals surface area contributed by atoms with Crippen molar-refractivity contribution in [3.8, 4) is 0 Å². The summed E-state index contributed by atoms with van der Waals surface area (Å²) in [7, 11) is 0. The monoisotopic (exact) mass is 262 g/mol. The highest BCUT2D eigenvalue weighted by molar-refractivity contribution is 5.15. The van der Waals surface area contributed by atoms with Crippen LogP contribution in [0.3, 0.4) is 0 Å². The second-order valence-electron chi connectivity index (χ2n) is 5.90. The van der Waals surface area contributed by atoms with Gasteiger partial charge in [0.25, 0.3) is 0 Å². The second-order valence-corrected chi connectivity index (χ2v) is 5.90. The Kier molecular flexibility index (Phi) is 4.88. The van der Waals surface area contributed by atoms with Gasteiger partial charge in [-0.3, -0.25) is 0 Å². The molecule has 0 bridgehead atoms. The van der Waals surface area contributed by atoms with Gasteiger partial charge in [0.15, 0.2) is 0 Å². The third-order valence-electron chi connectivity index (χ3n) is 3.67. The number of nitrogens with one attached hydrogen (secondary N) is 1. The van der Waals surface area contributed by atoms with Crippen LogP contribution in [0.5, 0.6) is 0 Å². The summed E-state index contributed by atoms with van der Waals surface area (Å²) in [6.07, 6.45) is 0. The minimum atomic E-state index is 0.399. The maximum Gasteiger partial charge on any atom is 0.132 e. The van der Waals surface area contributed by atoms with Gasteiger partial charge in [-0.25, -0.2) is 9.97 Å². The maximum atomic E-state index is 4.75. The van der Waals surface area contributed by atoms with Gasteiger partial charge in [-0.2, -0.15) is 0 Å². The van der Waals surface area contributed by atoms with Crippen LogP contribution in [-0.4, -0.2) is 47.6 Å². The quantitative estimate of drug-likeness (QED) is 0.900. The minimum absolute atomic E-state index is 0.399. The third-order valence-corrected chi connectivity index (χ3v) is 3.67. The van der Waals surface area contributed by atoms with Crippen LogP contribution >= 0.6 is 0 Å². The van der Waals surface area contributed by atoms with Crippen molar-refractivity contribution in [2.45, 2.75) is 39.5 Å². The summed E-state index contributed by atoms with van der Waals surface area (Å²) in [5, 5.41) is 3.39. The number of nitrogens with zero attached hydrogens (tertiary/aromatic N) is 3. The van der Waals surface area contributed by atoms with Crippen LogP contribution in [0.4, 0.5) is 0 Å². The van der Waals surface area contributed by atoms with Crippen LogP contribution in [0.15, 0.2) is 6.07 Å². The number of hydrogen-bond donors (Lipinski definition) is 1. The highest BCUT2D eigenvalue weighted by Crippen LogP contribution is 2.18. The summed E-state index contributed by atoms with van der Waals surface area (Å²) >= 11 is 0. The molecule has 106 valence electrons. The Morgan fingerprint density at radius 1 is 1.21 bits per heavy atom. The van der Waals surface area contributed by atoms with Gasteiger partial charge in [-0.05, 0) is 18.9 Å². The van der Waals surface area contributed by atoms with E-state index in [-0.39, 0.29) is 0 Å². The molecule has 4 nitrogen and oxygen atoms in total. The fraction of sp³-hybridized carbons (Fsp3) is 0.733. The van der Waals surface area contributed by atoms with Gasteiger partial charge >= 0.3 is 0 Å². The molecule has 19 heavy (non-hydrogen) atoms. The van der Waals surface area contributed by atoms with Gasteiger partial charge in [0.1, 0.15) is 5.82 Å². The predicted molar refractivity (Wildman–Crippen MR) is 78.6 cm³/mol. The number of piperazine rings is 1. The van der Waals surface area contributed by atoms with Crippen LogP contribution < -0.4 is 5.32 Å². The summed E-state index contributed by atoms with van der Waals surface area (Å²) in [6, 6.07) is 2.10. The van der Waals surface area contributed by atoms with Crippen molar-refractivity contribution >= 4 is 0 Å². The molecule has 1 aromatic heterocycles.